The lowest BCUT2D eigenvalue weighted by Crippen LogP contribution is -2.41. The van der Waals surface area contributed by atoms with Gasteiger partial charge in [-0.15, -0.1) is 12.4 Å². The van der Waals surface area contributed by atoms with Crippen molar-refractivity contribution in [2.24, 2.45) is 11.1 Å². The van der Waals surface area contributed by atoms with Crippen molar-refractivity contribution < 1.29 is 13.2 Å². The lowest BCUT2D eigenvalue weighted by atomic mass is 9.82. The molecule has 0 radical (unpaired) electrons. The molecule has 2 N–H and O–H groups in total. The van der Waals surface area contributed by atoms with Gasteiger partial charge in [0.1, 0.15) is 9.84 Å². The first kappa shape index (κ1) is 14.2. The number of nitrogens with two attached hydrogens (primary N) is 1. The quantitative estimate of drug-likeness (QED) is 0.769. The third kappa shape index (κ3) is 4.13. The highest BCUT2D eigenvalue weighted by molar-refractivity contribution is 7.90. The lowest BCUT2D eigenvalue weighted by Gasteiger charge is -2.35. The molecule has 0 aromatic heterocycles. The molecule has 1 fully saturated rings. The van der Waals surface area contributed by atoms with E-state index in [0.29, 0.717) is 19.8 Å². The number of halogens is 1. The van der Waals surface area contributed by atoms with Gasteiger partial charge in [-0.3, -0.25) is 0 Å². The van der Waals surface area contributed by atoms with Gasteiger partial charge in [-0.05, 0) is 19.4 Å². The number of sulfone groups is 1. The van der Waals surface area contributed by atoms with Crippen LogP contribution in [0.4, 0.5) is 0 Å². The first-order valence-corrected chi connectivity index (χ1v) is 6.49. The number of rotatable bonds is 3. The molecule has 0 aromatic carbocycles. The first-order valence-electron chi connectivity index (χ1n) is 4.43. The van der Waals surface area contributed by atoms with Crippen LogP contribution in [-0.4, -0.2) is 40.2 Å². The second-order valence-corrected chi connectivity index (χ2v) is 6.03. The maximum atomic E-state index is 11.2. The molecule has 1 rings (SSSR count). The fourth-order valence-electron chi connectivity index (χ4n) is 1.77. The largest absolute Gasteiger partial charge is 0.381 e. The predicted molar refractivity (Wildman–Crippen MR) is 58.5 cm³/mol. The van der Waals surface area contributed by atoms with Crippen LogP contribution in [-0.2, 0) is 14.6 Å². The molecule has 1 aliphatic rings. The third-order valence-electron chi connectivity index (χ3n) is 2.55. The molecular weight excluding hydrogens is 226 g/mol. The van der Waals surface area contributed by atoms with Crippen LogP contribution in [0.15, 0.2) is 0 Å². The van der Waals surface area contributed by atoms with E-state index in [2.05, 4.69) is 0 Å². The van der Waals surface area contributed by atoms with Crippen molar-refractivity contribution in [3.05, 3.63) is 0 Å². The zero-order valence-corrected chi connectivity index (χ0v) is 9.99. The third-order valence-corrected chi connectivity index (χ3v) is 3.69. The summed E-state index contributed by atoms with van der Waals surface area (Å²) >= 11 is 0. The molecule has 0 unspecified atom stereocenters. The van der Waals surface area contributed by atoms with Gasteiger partial charge >= 0.3 is 0 Å². The van der Waals surface area contributed by atoms with Crippen molar-refractivity contribution in [2.75, 3.05) is 31.8 Å². The maximum Gasteiger partial charge on any atom is 0.148 e. The molecule has 4 nitrogen and oxygen atoms in total. The van der Waals surface area contributed by atoms with E-state index >= 15 is 0 Å². The Morgan fingerprint density at radius 1 is 1.36 bits per heavy atom. The van der Waals surface area contributed by atoms with Crippen LogP contribution in [0.2, 0.25) is 0 Å². The van der Waals surface area contributed by atoms with Crippen molar-refractivity contribution in [1.82, 2.24) is 0 Å². The van der Waals surface area contributed by atoms with Crippen molar-refractivity contribution in [1.29, 1.82) is 0 Å². The summed E-state index contributed by atoms with van der Waals surface area (Å²) in [6.45, 7) is 1.70. The van der Waals surface area contributed by atoms with Crippen molar-refractivity contribution >= 4 is 22.2 Å². The van der Waals surface area contributed by atoms with Gasteiger partial charge in [0.2, 0.25) is 0 Å². The zero-order chi connectivity index (χ0) is 9.95. The standard InChI is InChI=1S/C8H17NO3S.ClH/c1-13(10,11)7-8(6-9)2-4-12-5-3-8;/h2-7,9H2,1H3;1H. The molecule has 0 spiro atoms. The molecule has 6 heteroatoms. The lowest BCUT2D eigenvalue weighted by molar-refractivity contribution is 0.0296. The predicted octanol–water partition coefficient (Wildman–Crippen LogP) is 0.208. The van der Waals surface area contributed by atoms with Gasteiger partial charge in [0.15, 0.2) is 0 Å². The van der Waals surface area contributed by atoms with E-state index in [1.54, 1.807) is 0 Å². The molecule has 1 saturated heterocycles. The minimum Gasteiger partial charge on any atom is -0.381 e. The Bertz CT molecular complexity index is 260. The Morgan fingerprint density at radius 2 is 1.86 bits per heavy atom. The second-order valence-electron chi connectivity index (χ2n) is 3.89. The van der Waals surface area contributed by atoms with Crippen LogP contribution in [0.5, 0.6) is 0 Å². The molecule has 14 heavy (non-hydrogen) atoms. The highest BCUT2D eigenvalue weighted by Gasteiger charge is 2.34. The van der Waals surface area contributed by atoms with Gasteiger partial charge in [0.05, 0.1) is 5.75 Å². The highest BCUT2D eigenvalue weighted by Crippen LogP contribution is 2.30. The van der Waals surface area contributed by atoms with Crippen LogP contribution in [0.3, 0.4) is 0 Å². The van der Waals surface area contributed by atoms with E-state index in [0.717, 1.165) is 12.8 Å². The van der Waals surface area contributed by atoms with Crippen LogP contribution in [0, 0.1) is 5.41 Å². The van der Waals surface area contributed by atoms with Crippen LogP contribution < -0.4 is 5.73 Å². The van der Waals surface area contributed by atoms with Gasteiger partial charge in [-0.2, -0.15) is 0 Å². The minimum absolute atomic E-state index is 0. The average Bonchev–Trinajstić information content (AvgIpc) is 2.03. The molecule has 0 saturated carbocycles. The topological polar surface area (TPSA) is 69.4 Å². The van der Waals surface area contributed by atoms with E-state index in [9.17, 15) is 8.42 Å². The van der Waals surface area contributed by atoms with E-state index < -0.39 is 9.84 Å². The van der Waals surface area contributed by atoms with Crippen molar-refractivity contribution in [3.8, 4) is 0 Å². The summed E-state index contributed by atoms with van der Waals surface area (Å²) in [5, 5.41) is 0. The first-order chi connectivity index (χ1) is 5.97. The van der Waals surface area contributed by atoms with Gasteiger partial charge < -0.3 is 10.5 Å². The van der Waals surface area contributed by atoms with Gasteiger partial charge in [-0.25, -0.2) is 8.42 Å². The molecule has 0 aromatic rings. The summed E-state index contributed by atoms with van der Waals surface area (Å²) in [4.78, 5) is 0. The smallest absolute Gasteiger partial charge is 0.148 e. The fourth-order valence-corrected chi connectivity index (χ4v) is 3.29. The summed E-state index contributed by atoms with van der Waals surface area (Å²) in [6.07, 6.45) is 2.78. The van der Waals surface area contributed by atoms with Gasteiger partial charge in [0.25, 0.3) is 0 Å². The average molecular weight is 244 g/mol. The van der Waals surface area contributed by atoms with Gasteiger partial charge in [0, 0.05) is 24.9 Å². The SMILES string of the molecule is CS(=O)(=O)CC1(CN)CCOCC1.Cl. The molecule has 0 amide bonds. The number of hydrogen-bond donors (Lipinski definition) is 1. The van der Waals surface area contributed by atoms with E-state index in [-0.39, 0.29) is 23.6 Å². The Hall–Kier alpha value is 0.160. The monoisotopic (exact) mass is 243 g/mol. The zero-order valence-electron chi connectivity index (χ0n) is 8.36. The normalized spacial score (nSPS) is 21.3. The summed E-state index contributed by atoms with van der Waals surface area (Å²) in [6, 6.07) is 0. The van der Waals surface area contributed by atoms with E-state index in [1.165, 1.54) is 6.26 Å². The Kier molecular flexibility index (Phi) is 5.36. The molecule has 0 aliphatic carbocycles. The fraction of sp³-hybridized carbons (Fsp3) is 1.00. The van der Waals surface area contributed by atoms with Crippen LogP contribution >= 0.6 is 12.4 Å². The molecular formula is C8H18ClNO3S. The highest BCUT2D eigenvalue weighted by atomic mass is 35.5. The molecule has 86 valence electrons. The van der Waals surface area contributed by atoms with Crippen LogP contribution in [0.25, 0.3) is 0 Å². The summed E-state index contributed by atoms with van der Waals surface area (Å²) < 4.78 is 27.5. The number of ether oxygens (including phenoxy) is 1. The Morgan fingerprint density at radius 3 is 2.21 bits per heavy atom. The number of hydrogen-bond acceptors (Lipinski definition) is 4. The van der Waals surface area contributed by atoms with Gasteiger partial charge in [-0.1, -0.05) is 0 Å². The minimum atomic E-state index is -2.93. The van der Waals surface area contributed by atoms with E-state index in [4.69, 9.17) is 10.5 Å². The molecule has 0 bridgehead atoms. The second kappa shape index (κ2) is 5.30. The molecule has 1 heterocycles. The summed E-state index contributed by atoms with van der Waals surface area (Å²) in [5.41, 5.74) is 5.40. The summed E-state index contributed by atoms with van der Waals surface area (Å²) in [5.74, 6) is 0.194. The Balaban J connectivity index is 0.00000169. The van der Waals surface area contributed by atoms with Crippen LogP contribution in [0.1, 0.15) is 12.8 Å². The van der Waals surface area contributed by atoms with Crippen molar-refractivity contribution in [3.63, 3.8) is 0 Å². The Labute approximate surface area is 91.5 Å². The summed E-state index contributed by atoms with van der Waals surface area (Å²) in [7, 11) is -2.93. The molecule has 0 atom stereocenters. The maximum absolute atomic E-state index is 11.2. The van der Waals surface area contributed by atoms with Crippen molar-refractivity contribution in [2.45, 2.75) is 12.8 Å². The van der Waals surface area contributed by atoms with E-state index in [1.807, 2.05) is 0 Å². The molecule has 1 aliphatic heterocycles.